The number of benzene rings is 2. The first-order valence-corrected chi connectivity index (χ1v) is 11.1. The van der Waals surface area contributed by atoms with Crippen LogP contribution in [0.4, 0.5) is 13.2 Å². The Morgan fingerprint density at radius 1 is 1.06 bits per heavy atom. The van der Waals surface area contributed by atoms with Gasteiger partial charge >= 0.3 is 6.18 Å². The van der Waals surface area contributed by atoms with Gasteiger partial charge < -0.3 is 14.6 Å². The first kappa shape index (κ1) is 25.6. The first-order valence-electron chi connectivity index (χ1n) is 11.1. The summed E-state index contributed by atoms with van der Waals surface area (Å²) in [4.78, 5) is 13.1. The fourth-order valence-electron chi connectivity index (χ4n) is 3.95. The second-order valence-corrected chi connectivity index (χ2v) is 8.26. The Bertz CT molecular complexity index is 1040. The molecule has 1 heterocycles. The molecule has 9 heteroatoms. The largest absolute Gasteiger partial charge is 0.493 e. The molecule has 34 heavy (non-hydrogen) atoms. The molecule has 0 spiro atoms. The lowest BCUT2D eigenvalue weighted by atomic mass is 9.94. The lowest BCUT2D eigenvalue weighted by Crippen LogP contribution is -2.44. The molecular formula is C25H29F3N2O4. The minimum atomic E-state index is -4.77. The number of carbonyl (C=O) groups excluding carboxylic acids is 1. The van der Waals surface area contributed by atoms with Crippen molar-refractivity contribution in [3.05, 3.63) is 59.2 Å². The Hall–Kier alpha value is -3.07. The van der Waals surface area contributed by atoms with Crippen molar-refractivity contribution in [3.8, 4) is 11.5 Å². The quantitative estimate of drug-likeness (QED) is 0.517. The van der Waals surface area contributed by atoms with Gasteiger partial charge in [0.2, 0.25) is 5.91 Å². The second-order valence-electron chi connectivity index (χ2n) is 8.26. The van der Waals surface area contributed by atoms with E-state index in [0.717, 1.165) is 31.2 Å². The summed E-state index contributed by atoms with van der Waals surface area (Å²) in [6, 6.07) is 11.4. The summed E-state index contributed by atoms with van der Waals surface area (Å²) < 4.78 is 50.9. The van der Waals surface area contributed by atoms with E-state index in [1.807, 2.05) is 0 Å². The van der Waals surface area contributed by atoms with E-state index in [4.69, 9.17) is 9.47 Å². The predicted molar refractivity (Wildman–Crippen MR) is 122 cm³/mol. The van der Waals surface area contributed by atoms with E-state index in [9.17, 15) is 23.1 Å². The van der Waals surface area contributed by atoms with Crippen LogP contribution in [0.5, 0.6) is 11.5 Å². The Labute approximate surface area is 197 Å². The minimum Gasteiger partial charge on any atom is -0.493 e. The highest BCUT2D eigenvalue weighted by Crippen LogP contribution is 2.40. The summed E-state index contributed by atoms with van der Waals surface area (Å²) >= 11 is 0. The molecule has 0 radical (unpaired) electrons. The highest BCUT2D eigenvalue weighted by atomic mass is 19.4. The predicted octanol–water partition coefficient (Wildman–Crippen LogP) is 4.97. The molecule has 1 aliphatic rings. The molecule has 0 bridgehead atoms. The molecule has 184 valence electrons. The zero-order valence-electron chi connectivity index (χ0n) is 19.5. The van der Waals surface area contributed by atoms with Crippen LogP contribution in [-0.2, 0) is 23.4 Å². The number of halogens is 3. The van der Waals surface area contributed by atoms with Crippen LogP contribution in [0.15, 0.2) is 47.6 Å². The molecule has 1 atom stereocenters. The van der Waals surface area contributed by atoms with Crippen molar-refractivity contribution in [1.29, 1.82) is 0 Å². The van der Waals surface area contributed by atoms with Crippen molar-refractivity contribution in [2.45, 2.75) is 57.3 Å². The zero-order chi connectivity index (χ0) is 24.9. The van der Waals surface area contributed by atoms with Crippen LogP contribution in [-0.4, -0.2) is 42.1 Å². The number of aryl methyl sites for hydroxylation is 1. The summed E-state index contributed by atoms with van der Waals surface area (Å²) in [6.07, 6.45) is -1.92. The highest BCUT2D eigenvalue weighted by molar-refractivity contribution is 5.95. The van der Waals surface area contributed by atoms with Gasteiger partial charge in [-0.2, -0.15) is 23.3 Å². The normalized spacial score (nSPS) is 18.1. The van der Waals surface area contributed by atoms with E-state index in [0.29, 0.717) is 22.1 Å². The van der Waals surface area contributed by atoms with Gasteiger partial charge in [-0.3, -0.25) is 4.79 Å². The van der Waals surface area contributed by atoms with Gasteiger partial charge in [0.25, 0.3) is 0 Å². The van der Waals surface area contributed by atoms with Crippen LogP contribution >= 0.6 is 0 Å². The fraction of sp³-hybridized carbons (Fsp3) is 0.440. The number of rotatable bonds is 9. The summed E-state index contributed by atoms with van der Waals surface area (Å²) in [6.45, 7) is 2.10. The van der Waals surface area contributed by atoms with Crippen molar-refractivity contribution >= 4 is 11.6 Å². The summed E-state index contributed by atoms with van der Waals surface area (Å²) in [5, 5.41) is 15.4. The second kappa shape index (κ2) is 10.5. The number of nitrogens with zero attached hydrogens (tertiary/aromatic N) is 2. The molecule has 6 nitrogen and oxygen atoms in total. The van der Waals surface area contributed by atoms with E-state index in [2.05, 4.69) is 12.0 Å². The van der Waals surface area contributed by atoms with E-state index in [1.54, 1.807) is 42.5 Å². The average molecular weight is 479 g/mol. The molecule has 0 aliphatic carbocycles. The number of alkyl halides is 3. The third-order valence-corrected chi connectivity index (χ3v) is 5.84. The third-order valence-electron chi connectivity index (χ3n) is 5.84. The minimum absolute atomic E-state index is 0.176. The van der Waals surface area contributed by atoms with Crippen molar-refractivity contribution < 1.29 is 32.5 Å². The van der Waals surface area contributed by atoms with Crippen molar-refractivity contribution in [2.24, 2.45) is 5.10 Å². The molecule has 0 saturated carbocycles. The maximum atomic E-state index is 13.5. The van der Waals surface area contributed by atoms with Gasteiger partial charge in [0.05, 0.1) is 27.1 Å². The molecule has 2 aromatic carbocycles. The number of methoxy groups -OCH3 is 2. The van der Waals surface area contributed by atoms with Gasteiger partial charge in [0, 0.05) is 5.56 Å². The fourth-order valence-corrected chi connectivity index (χ4v) is 3.95. The molecule has 1 amide bonds. The number of hydrazone groups is 1. The maximum Gasteiger partial charge on any atom is 0.431 e. The number of hydrogen-bond donors (Lipinski definition) is 1. The SMILES string of the molecule is CCCCCc1ccc(C2(O)CC(C(F)(F)F)=NN2C(=O)Cc2ccc(OC)c(OC)c2)cc1. The summed E-state index contributed by atoms with van der Waals surface area (Å²) in [7, 11) is 2.91. The number of carbonyl (C=O) groups is 1. The smallest absolute Gasteiger partial charge is 0.431 e. The molecule has 1 unspecified atom stereocenters. The monoisotopic (exact) mass is 478 g/mol. The Balaban J connectivity index is 1.88. The maximum absolute atomic E-state index is 13.5. The van der Waals surface area contributed by atoms with Crippen LogP contribution in [0, 0.1) is 0 Å². The molecule has 1 N–H and O–H groups in total. The Kier molecular flexibility index (Phi) is 7.86. The average Bonchev–Trinajstić information content (AvgIpc) is 3.19. The zero-order valence-corrected chi connectivity index (χ0v) is 19.5. The molecular weight excluding hydrogens is 449 g/mol. The standard InChI is InChI=1S/C25H29F3N2O4/c1-4-5-6-7-17-8-11-19(12-9-17)24(32)16-22(25(26,27)28)29-30(24)23(31)15-18-10-13-20(33-2)21(14-18)34-3/h8-14,32H,4-7,15-16H2,1-3H3. The van der Waals surface area contributed by atoms with Gasteiger partial charge in [-0.05, 0) is 36.1 Å². The van der Waals surface area contributed by atoms with Gasteiger partial charge in [0.1, 0.15) is 5.71 Å². The van der Waals surface area contributed by atoms with Gasteiger partial charge in [0.15, 0.2) is 17.2 Å². The van der Waals surface area contributed by atoms with Crippen LogP contribution < -0.4 is 9.47 Å². The van der Waals surface area contributed by atoms with E-state index >= 15 is 0 Å². The van der Waals surface area contributed by atoms with Crippen molar-refractivity contribution in [3.63, 3.8) is 0 Å². The van der Waals surface area contributed by atoms with Gasteiger partial charge in [-0.25, -0.2) is 0 Å². The lowest BCUT2D eigenvalue weighted by Gasteiger charge is -2.31. The number of aliphatic hydroxyl groups is 1. The molecule has 1 aliphatic heterocycles. The van der Waals surface area contributed by atoms with Crippen molar-refractivity contribution in [1.82, 2.24) is 5.01 Å². The van der Waals surface area contributed by atoms with E-state index in [-0.39, 0.29) is 12.0 Å². The highest BCUT2D eigenvalue weighted by Gasteiger charge is 2.52. The van der Waals surface area contributed by atoms with Crippen LogP contribution in [0.1, 0.15) is 49.3 Å². The van der Waals surface area contributed by atoms with E-state index < -0.39 is 29.9 Å². The van der Waals surface area contributed by atoms with Crippen molar-refractivity contribution in [2.75, 3.05) is 14.2 Å². The number of unbranched alkanes of at least 4 members (excludes halogenated alkanes) is 2. The van der Waals surface area contributed by atoms with Crippen LogP contribution in [0.3, 0.4) is 0 Å². The van der Waals surface area contributed by atoms with Gasteiger partial charge in [-0.15, -0.1) is 0 Å². The molecule has 0 saturated heterocycles. The van der Waals surface area contributed by atoms with E-state index in [1.165, 1.54) is 14.2 Å². The first-order chi connectivity index (χ1) is 16.1. The number of hydrogen-bond acceptors (Lipinski definition) is 5. The number of ether oxygens (including phenoxy) is 2. The Morgan fingerprint density at radius 3 is 2.29 bits per heavy atom. The van der Waals surface area contributed by atoms with Crippen LogP contribution in [0.25, 0.3) is 0 Å². The topological polar surface area (TPSA) is 71.4 Å². The third kappa shape index (κ3) is 5.52. The van der Waals surface area contributed by atoms with Crippen LogP contribution in [0.2, 0.25) is 0 Å². The Morgan fingerprint density at radius 2 is 1.71 bits per heavy atom. The van der Waals surface area contributed by atoms with Gasteiger partial charge in [-0.1, -0.05) is 50.1 Å². The molecule has 0 fully saturated rings. The molecule has 2 aromatic rings. The summed E-state index contributed by atoms with van der Waals surface area (Å²) in [5.74, 6) is 0.0522. The molecule has 3 rings (SSSR count). The molecule has 0 aromatic heterocycles. The number of amides is 1. The summed E-state index contributed by atoms with van der Waals surface area (Å²) in [5.41, 5.74) is -1.77. The lowest BCUT2D eigenvalue weighted by molar-refractivity contribution is -0.157.